The lowest BCUT2D eigenvalue weighted by atomic mass is 10.0. The summed E-state index contributed by atoms with van der Waals surface area (Å²) in [6.07, 6.45) is 0.433. The molecule has 2 aliphatic heterocycles. The van der Waals surface area contributed by atoms with Gasteiger partial charge in [0.25, 0.3) is 11.8 Å². The number of nitrogens with one attached hydrogen (secondary N) is 2. The van der Waals surface area contributed by atoms with Gasteiger partial charge in [-0.25, -0.2) is 0 Å². The van der Waals surface area contributed by atoms with Crippen LogP contribution in [0.5, 0.6) is 0 Å². The molecular formula is C28H36N4O6. The van der Waals surface area contributed by atoms with E-state index in [1.807, 2.05) is 38.1 Å². The molecule has 3 amide bonds. The predicted octanol–water partition coefficient (Wildman–Crippen LogP) is 1.73. The molecule has 10 nitrogen and oxygen atoms in total. The fourth-order valence-electron chi connectivity index (χ4n) is 4.97. The van der Waals surface area contributed by atoms with Crippen LogP contribution in [0.15, 0.2) is 36.4 Å². The Morgan fingerprint density at radius 2 is 1.58 bits per heavy atom. The molecule has 0 spiro atoms. The number of ether oxygens (including phenoxy) is 1. The van der Waals surface area contributed by atoms with E-state index in [1.165, 1.54) is 0 Å². The van der Waals surface area contributed by atoms with Gasteiger partial charge in [0.15, 0.2) is 0 Å². The first-order valence-electron chi connectivity index (χ1n) is 13.2. The predicted molar refractivity (Wildman–Crippen MR) is 142 cm³/mol. The highest BCUT2D eigenvalue weighted by molar-refractivity contribution is 6.23. The van der Waals surface area contributed by atoms with Crippen molar-refractivity contribution in [3.63, 3.8) is 0 Å². The van der Waals surface area contributed by atoms with Crippen LogP contribution in [0.2, 0.25) is 0 Å². The minimum absolute atomic E-state index is 0.0179. The lowest BCUT2D eigenvalue weighted by Gasteiger charge is -2.28. The summed E-state index contributed by atoms with van der Waals surface area (Å²) in [7, 11) is 0. The molecule has 2 aliphatic rings. The van der Waals surface area contributed by atoms with Crippen LogP contribution >= 0.6 is 0 Å². The molecule has 0 bridgehead atoms. The van der Waals surface area contributed by atoms with Crippen molar-refractivity contribution in [2.45, 2.75) is 38.8 Å². The van der Waals surface area contributed by atoms with Crippen molar-refractivity contribution in [2.75, 3.05) is 45.9 Å². The van der Waals surface area contributed by atoms with Crippen LogP contribution in [-0.2, 0) is 14.3 Å². The van der Waals surface area contributed by atoms with E-state index in [9.17, 15) is 24.3 Å². The van der Waals surface area contributed by atoms with Gasteiger partial charge in [-0.15, -0.1) is 0 Å². The number of fused-ring (bicyclic) bond motifs is 2. The van der Waals surface area contributed by atoms with Crippen molar-refractivity contribution in [3.8, 4) is 0 Å². The third kappa shape index (κ3) is 6.56. The summed E-state index contributed by atoms with van der Waals surface area (Å²) in [6.45, 7) is 8.00. The van der Waals surface area contributed by atoms with Gasteiger partial charge in [0.2, 0.25) is 5.91 Å². The summed E-state index contributed by atoms with van der Waals surface area (Å²) < 4.78 is 5.34. The summed E-state index contributed by atoms with van der Waals surface area (Å²) in [6, 6.07) is 9.07. The first kappa shape index (κ1) is 27.7. The highest BCUT2D eigenvalue weighted by Gasteiger charge is 2.37. The first-order valence-corrected chi connectivity index (χ1v) is 13.2. The molecule has 4 rings (SSSR count). The molecule has 2 atom stereocenters. The Hall–Kier alpha value is -3.34. The molecule has 204 valence electrons. The van der Waals surface area contributed by atoms with Crippen LogP contribution in [0.3, 0.4) is 0 Å². The molecule has 0 radical (unpaired) electrons. The lowest BCUT2D eigenvalue weighted by molar-refractivity contribution is -0.140. The van der Waals surface area contributed by atoms with Crippen LogP contribution in [0.1, 0.15) is 47.4 Å². The topological polar surface area (TPSA) is 128 Å². The Labute approximate surface area is 222 Å². The minimum atomic E-state index is -1.14. The van der Waals surface area contributed by atoms with Gasteiger partial charge in [-0.05, 0) is 41.7 Å². The van der Waals surface area contributed by atoms with Gasteiger partial charge < -0.3 is 15.2 Å². The van der Waals surface area contributed by atoms with Gasteiger partial charge in [0.1, 0.15) is 6.04 Å². The fraction of sp³-hybridized carbons (Fsp3) is 0.500. The van der Waals surface area contributed by atoms with Gasteiger partial charge in [0, 0.05) is 32.7 Å². The number of carbonyl (C=O) groups is 4. The maximum atomic E-state index is 13.0. The number of benzene rings is 2. The van der Waals surface area contributed by atoms with E-state index in [1.54, 1.807) is 12.1 Å². The van der Waals surface area contributed by atoms with Gasteiger partial charge in [0.05, 0.1) is 30.4 Å². The number of carbonyl (C=O) groups excluding carboxylic acids is 3. The fourth-order valence-corrected chi connectivity index (χ4v) is 4.97. The zero-order valence-corrected chi connectivity index (χ0v) is 21.9. The zero-order chi connectivity index (χ0) is 27.2. The van der Waals surface area contributed by atoms with Crippen LogP contribution in [0.4, 0.5) is 0 Å². The second kappa shape index (κ2) is 12.5. The van der Waals surface area contributed by atoms with Gasteiger partial charge in [-0.2, -0.15) is 0 Å². The van der Waals surface area contributed by atoms with E-state index in [2.05, 4.69) is 15.5 Å². The number of carboxylic acids is 1. The second-order valence-corrected chi connectivity index (χ2v) is 10.3. The number of hydrogen-bond acceptors (Lipinski definition) is 7. The van der Waals surface area contributed by atoms with Gasteiger partial charge in [-0.1, -0.05) is 38.1 Å². The standard InChI is InChI=1S/C28H36N4O6/c1-18(2)15-24(25(33)29-8-10-31-11-13-38-14-12-31)30-23(28(36)37)7-9-32-26(34)21-16-19-5-3-4-6-20(19)17-22(21)27(32)35/h3-6,16-18,23-24,30H,7-15H2,1-2H3,(H,29,33)(H,36,37)/t23-,24+/m1/s1. The molecule has 0 saturated carbocycles. The largest absolute Gasteiger partial charge is 0.480 e. The number of morpholine rings is 1. The summed E-state index contributed by atoms with van der Waals surface area (Å²) >= 11 is 0. The Kier molecular flexibility index (Phi) is 9.09. The molecule has 1 fully saturated rings. The molecule has 0 aliphatic carbocycles. The number of amides is 3. The van der Waals surface area contributed by atoms with Crippen LogP contribution in [0, 0.1) is 5.92 Å². The molecule has 2 aromatic rings. The molecule has 0 unspecified atom stereocenters. The van der Waals surface area contributed by atoms with Crippen molar-refractivity contribution < 1.29 is 29.0 Å². The Bertz CT molecular complexity index is 1140. The maximum Gasteiger partial charge on any atom is 0.320 e. The van der Waals surface area contributed by atoms with Gasteiger partial charge >= 0.3 is 5.97 Å². The molecule has 3 N–H and O–H groups in total. The monoisotopic (exact) mass is 524 g/mol. The zero-order valence-electron chi connectivity index (χ0n) is 21.9. The quantitative estimate of drug-likeness (QED) is 0.358. The number of hydrogen-bond donors (Lipinski definition) is 3. The van der Waals surface area contributed by atoms with Gasteiger partial charge in [-0.3, -0.25) is 34.3 Å². The summed E-state index contributed by atoms with van der Waals surface area (Å²) in [5, 5.41) is 17.5. The molecule has 2 heterocycles. The normalized spacial score (nSPS) is 17.6. The number of rotatable bonds is 12. The highest BCUT2D eigenvalue weighted by Crippen LogP contribution is 2.28. The molecule has 38 heavy (non-hydrogen) atoms. The van der Waals surface area contributed by atoms with E-state index in [0.717, 1.165) is 28.8 Å². The molecule has 10 heteroatoms. The van der Waals surface area contributed by atoms with Crippen LogP contribution in [0.25, 0.3) is 10.8 Å². The Morgan fingerprint density at radius 3 is 2.13 bits per heavy atom. The Balaban J connectivity index is 1.38. The third-order valence-corrected chi connectivity index (χ3v) is 7.03. The number of imide groups is 1. The van der Waals surface area contributed by atoms with E-state index < -0.39 is 29.9 Å². The van der Waals surface area contributed by atoms with Crippen molar-refractivity contribution >= 4 is 34.5 Å². The smallest absolute Gasteiger partial charge is 0.320 e. The number of carboxylic acid groups (broad SMARTS) is 1. The average Bonchev–Trinajstić information content (AvgIpc) is 3.13. The number of aliphatic carboxylic acids is 1. The van der Waals surface area contributed by atoms with Crippen molar-refractivity contribution in [3.05, 3.63) is 47.5 Å². The Morgan fingerprint density at radius 1 is 0.974 bits per heavy atom. The summed E-state index contributed by atoms with van der Waals surface area (Å²) in [4.78, 5) is 54.4. The van der Waals surface area contributed by atoms with E-state index >= 15 is 0 Å². The SMILES string of the molecule is CC(C)C[C@H](N[C@H](CCN1C(=O)c2cc3ccccc3cc2C1=O)C(=O)O)C(=O)NCCN1CCOCC1. The maximum absolute atomic E-state index is 13.0. The average molecular weight is 525 g/mol. The van der Waals surface area contributed by atoms with Crippen LogP contribution < -0.4 is 10.6 Å². The molecule has 2 aromatic carbocycles. The summed E-state index contributed by atoms with van der Waals surface area (Å²) in [5.41, 5.74) is 0.650. The molecule has 0 aromatic heterocycles. The van der Waals surface area contributed by atoms with Crippen LogP contribution in [-0.4, -0.2) is 96.6 Å². The number of nitrogens with zero attached hydrogens (tertiary/aromatic N) is 2. The minimum Gasteiger partial charge on any atom is -0.480 e. The molecule has 1 saturated heterocycles. The first-order chi connectivity index (χ1) is 18.2. The van der Waals surface area contributed by atoms with E-state index in [0.29, 0.717) is 43.9 Å². The molecular weight excluding hydrogens is 488 g/mol. The van der Waals surface area contributed by atoms with Crippen molar-refractivity contribution in [2.24, 2.45) is 5.92 Å². The van der Waals surface area contributed by atoms with Crippen molar-refractivity contribution in [1.29, 1.82) is 0 Å². The van der Waals surface area contributed by atoms with E-state index in [-0.39, 0.29) is 24.8 Å². The van der Waals surface area contributed by atoms with E-state index in [4.69, 9.17) is 4.74 Å². The van der Waals surface area contributed by atoms with Crippen molar-refractivity contribution in [1.82, 2.24) is 20.4 Å². The summed E-state index contributed by atoms with van der Waals surface area (Å²) in [5.74, 6) is -2.11. The third-order valence-electron chi connectivity index (χ3n) is 7.03. The second-order valence-electron chi connectivity index (χ2n) is 10.3. The lowest BCUT2D eigenvalue weighted by Crippen LogP contribution is -2.53. The highest BCUT2D eigenvalue weighted by atomic mass is 16.5.